The van der Waals surface area contributed by atoms with E-state index in [1.165, 1.54) is 0 Å². The Bertz CT molecular complexity index is 583. The molecule has 0 saturated heterocycles. The molecule has 4 nitrogen and oxygen atoms in total. The number of methoxy groups -OCH3 is 1. The van der Waals surface area contributed by atoms with Crippen molar-refractivity contribution < 1.29 is 4.74 Å². The first-order chi connectivity index (χ1) is 9.63. The van der Waals surface area contributed by atoms with Crippen molar-refractivity contribution in [1.82, 2.24) is 9.97 Å². The summed E-state index contributed by atoms with van der Waals surface area (Å²) in [6.07, 6.45) is 0. The Kier molecular flexibility index (Phi) is 5.34. The summed E-state index contributed by atoms with van der Waals surface area (Å²) in [5, 5.41) is 3.87. The van der Waals surface area contributed by atoms with Gasteiger partial charge in [-0.15, -0.1) is 0 Å². The van der Waals surface area contributed by atoms with Crippen LogP contribution in [-0.2, 0) is 11.3 Å². The molecule has 0 aliphatic carbocycles. The minimum absolute atomic E-state index is 0.444. The molecule has 2 aromatic rings. The monoisotopic (exact) mass is 355 g/mol. The van der Waals surface area contributed by atoms with E-state index >= 15 is 0 Å². The predicted octanol–water partition coefficient (Wildman–Crippen LogP) is 4.14. The van der Waals surface area contributed by atoms with Gasteiger partial charge in [-0.25, -0.2) is 9.97 Å². The van der Waals surface area contributed by atoms with Gasteiger partial charge in [0.2, 0.25) is 0 Å². The summed E-state index contributed by atoms with van der Waals surface area (Å²) in [4.78, 5) is 9.03. The van der Waals surface area contributed by atoms with E-state index in [1.54, 1.807) is 7.11 Å². The molecule has 2 rings (SSSR count). The number of benzene rings is 1. The molecule has 0 unspecified atom stereocenters. The molecular formula is C14H15BrClN3O. The molecule has 0 aliphatic rings. The highest BCUT2D eigenvalue weighted by Gasteiger charge is 2.10. The highest BCUT2D eigenvalue weighted by molar-refractivity contribution is 9.10. The van der Waals surface area contributed by atoms with Gasteiger partial charge in [-0.1, -0.05) is 11.6 Å². The number of hydrogen-bond acceptors (Lipinski definition) is 4. The normalized spacial score (nSPS) is 10.6. The average molecular weight is 357 g/mol. The van der Waals surface area contributed by atoms with Crippen molar-refractivity contribution in [3.8, 4) is 11.4 Å². The summed E-state index contributed by atoms with van der Waals surface area (Å²) in [7, 11) is 1.65. The maximum Gasteiger partial charge on any atom is 0.162 e. The molecule has 106 valence electrons. The van der Waals surface area contributed by atoms with Crippen LogP contribution in [0, 0.1) is 0 Å². The van der Waals surface area contributed by atoms with Gasteiger partial charge in [0, 0.05) is 34.8 Å². The van der Waals surface area contributed by atoms with Gasteiger partial charge in [-0.3, -0.25) is 0 Å². The molecule has 0 bridgehead atoms. The molecule has 0 saturated carbocycles. The molecule has 6 heteroatoms. The van der Waals surface area contributed by atoms with Crippen LogP contribution in [0.1, 0.15) is 12.6 Å². The lowest BCUT2D eigenvalue weighted by atomic mass is 10.2. The lowest BCUT2D eigenvalue weighted by Gasteiger charge is -2.10. The number of hydrogen-bond donors (Lipinski definition) is 1. The third-order valence-electron chi connectivity index (χ3n) is 2.60. The van der Waals surface area contributed by atoms with Crippen LogP contribution in [0.15, 0.2) is 28.7 Å². The third kappa shape index (κ3) is 3.69. The van der Waals surface area contributed by atoms with Gasteiger partial charge in [-0.05, 0) is 41.1 Å². The van der Waals surface area contributed by atoms with Crippen LogP contribution >= 0.6 is 27.5 Å². The number of nitrogens with one attached hydrogen (secondary N) is 1. The van der Waals surface area contributed by atoms with E-state index in [9.17, 15) is 0 Å². The van der Waals surface area contributed by atoms with E-state index in [-0.39, 0.29) is 0 Å². The smallest absolute Gasteiger partial charge is 0.162 e. The van der Waals surface area contributed by atoms with Crippen molar-refractivity contribution in [2.75, 3.05) is 19.0 Å². The van der Waals surface area contributed by atoms with Crippen LogP contribution in [0.25, 0.3) is 11.4 Å². The first-order valence-electron chi connectivity index (χ1n) is 6.20. The molecule has 0 atom stereocenters. The van der Waals surface area contributed by atoms with E-state index in [1.807, 2.05) is 31.2 Å². The quantitative estimate of drug-likeness (QED) is 0.874. The molecular weight excluding hydrogens is 342 g/mol. The Hall–Kier alpha value is -1.17. The van der Waals surface area contributed by atoms with E-state index in [4.69, 9.17) is 16.3 Å². The van der Waals surface area contributed by atoms with Gasteiger partial charge in [0.15, 0.2) is 5.82 Å². The first kappa shape index (κ1) is 15.2. The highest BCUT2D eigenvalue weighted by atomic mass is 79.9. The largest absolute Gasteiger partial charge is 0.378 e. The second-order valence-corrected chi connectivity index (χ2v) is 5.45. The summed E-state index contributed by atoms with van der Waals surface area (Å²) < 4.78 is 6.01. The van der Waals surface area contributed by atoms with Crippen molar-refractivity contribution in [2.24, 2.45) is 0 Å². The van der Waals surface area contributed by atoms with Crippen molar-refractivity contribution >= 4 is 33.3 Å². The van der Waals surface area contributed by atoms with Gasteiger partial charge in [-0.2, -0.15) is 0 Å². The van der Waals surface area contributed by atoms with Crippen LogP contribution in [-0.4, -0.2) is 23.6 Å². The first-order valence-corrected chi connectivity index (χ1v) is 7.37. The van der Waals surface area contributed by atoms with Gasteiger partial charge >= 0.3 is 0 Å². The van der Waals surface area contributed by atoms with Crippen LogP contribution < -0.4 is 5.32 Å². The van der Waals surface area contributed by atoms with E-state index in [0.717, 1.165) is 28.1 Å². The standard InChI is InChI=1S/C14H15BrClN3O/c1-3-17-13-7-10(8-20-2)18-14(19-13)11-5-4-9(16)6-12(11)15/h4-7H,3,8H2,1-2H3,(H,17,18,19). The summed E-state index contributed by atoms with van der Waals surface area (Å²) in [6, 6.07) is 7.44. The number of ether oxygens (including phenoxy) is 1. The van der Waals surface area contributed by atoms with Crippen molar-refractivity contribution in [3.05, 3.63) is 39.5 Å². The van der Waals surface area contributed by atoms with Gasteiger partial charge in [0.1, 0.15) is 5.82 Å². The minimum Gasteiger partial charge on any atom is -0.378 e. The number of halogens is 2. The van der Waals surface area contributed by atoms with Crippen LogP contribution in [0.4, 0.5) is 5.82 Å². The summed E-state index contributed by atoms with van der Waals surface area (Å²) in [5.74, 6) is 1.42. The zero-order valence-corrected chi connectivity index (χ0v) is 13.6. The summed E-state index contributed by atoms with van der Waals surface area (Å²) in [5.41, 5.74) is 1.72. The Morgan fingerprint density at radius 1 is 1.30 bits per heavy atom. The zero-order valence-electron chi connectivity index (χ0n) is 11.3. The van der Waals surface area contributed by atoms with Crippen LogP contribution in [0.5, 0.6) is 0 Å². The minimum atomic E-state index is 0.444. The third-order valence-corrected chi connectivity index (χ3v) is 3.49. The molecule has 1 heterocycles. The van der Waals surface area contributed by atoms with Gasteiger partial charge in [0.25, 0.3) is 0 Å². The fourth-order valence-electron chi connectivity index (χ4n) is 1.78. The molecule has 0 aliphatic heterocycles. The van der Waals surface area contributed by atoms with Crippen LogP contribution in [0.2, 0.25) is 5.02 Å². The van der Waals surface area contributed by atoms with Crippen molar-refractivity contribution in [3.63, 3.8) is 0 Å². The number of rotatable bonds is 5. The average Bonchev–Trinajstić information content (AvgIpc) is 2.39. The van der Waals surface area contributed by atoms with E-state index < -0.39 is 0 Å². The van der Waals surface area contributed by atoms with Gasteiger partial charge in [0.05, 0.1) is 12.3 Å². The SMILES string of the molecule is CCNc1cc(COC)nc(-c2ccc(Cl)cc2Br)n1. The number of nitrogens with zero attached hydrogens (tertiary/aromatic N) is 2. The fourth-order valence-corrected chi connectivity index (χ4v) is 2.64. The number of anilines is 1. The lowest BCUT2D eigenvalue weighted by Crippen LogP contribution is -2.05. The Balaban J connectivity index is 2.48. The van der Waals surface area contributed by atoms with Gasteiger partial charge < -0.3 is 10.1 Å². The molecule has 0 radical (unpaired) electrons. The molecule has 20 heavy (non-hydrogen) atoms. The lowest BCUT2D eigenvalue weighted by molar-refractivity contribution is 0.181. The second-order valence-electron chi connectivity index (χ2n) is 4.16. The molecule has 0 spiro atoms. The molecule has 0 amide bonds. The zero-order chi connectivity index (χ0) is 14.5. The molecule has 0 fully saturated rings. The predicted molar refractivity (Wildman–Crippen MR) is 85.1 cm³/mol. The second kappa shape index (κ2) is 7.02. The van der Waals surface area contributed by atoms with Crippen LogP contribution in [0.3, 0.4) is 0 Å². The van der Waals surface area contributed by atoms with Crippen molar-refractivity contribution in [2.45, 2.75) is 13.5 Å². The topological polar surface area (TPSA) is 47.0 Å². The molecule has 1 N–H and O–H groups in total. The maximum atomic E-state index is 5.96. The molecule has 1 aromatic heterocycles. The Morgan fingerprint density at radius 2 is 2.10 bits per heavy atom. The molecule has 1 aromatic carbocycles. The Morgan fingerprint density at radius 3 is 2.75 bits per heavy atom. The maximum absolute atomic E-state index is 5.96. The summed E-state index contributed by atoms with van der Waals surface area (Å²) in [6.45, 7) is 3.26. The van der Waals surface area contributed by atoms with E-state index in [0.29, 0.717) is 17.5 Å². The van der Waals surface area contributed by atoms with Crippen molar-refractivity contribution in [1.29, 1.82) is 0 Å². The van der Waals surface area contributed by atoms with E-state index in [2.05, 4.69) is 31.2 Å². The number of aromatic nitrogens is 2. The summed E-state index contributed by atoms with van der Waals surface area (Å²) >= 11 is 9.46. The Labute approximate surface area is 131 Å². The fraction of sp³-hybridized carbons (Fsp3) is 0.286. The highest BCUT2D eigenvalue weighted by Crippen LogP contribution is 2.29.